The van der Waals surface area contributed by atoms with Gasteiger partial charge in [-0.1, -0.05) is 60.7 Å². The maximum atomic E-state index is 13.2. The van der Waals surface area contributed by atoms with E-state index in [2.05, 4.69) is 30.4 Å². The summed E-state index contributed by atoms with van der Waals surface area (Å²) in [5, 5.41) is 21.2. The lowest BCUT2D eigenvalue weighted by atomic mass is 10.0. The van der Waals surface area contributed by atoms with Crippen LogP contribution in [0.2, 0.25) is 0 Å². The molecule has 1 saturated heterocycles. The van der Waals surface area contributed by atoms with Crippen molar-refractivity contribution >= 4 is 34.3 Å². The van der Waals surface area contributed by atoms with Crippen molar-refractivity contribution in [3.8, 4) is 0 Å². The van der Waals surface area contributed by atoms with Gasteiger partial charge in [-0.15, -0.1) is 0 Å². The highest BCUT2D eigenvalue weighted by molar-refractivity contribution is 6.11. The Hall–Kier alpha value is -5.75. The fraction of sp³-hybridized carbons (Fsp3) is 0.270. The average Bonchev–Trinajstić information content (AvgIpc) is 3.44. The number of anilines is 2. The number of aromatic carboxylic acids is 1. The number of H-pyrrole nitrogens is 1. The number of benzene rings is 2. The normalized spacial score (nSPS) is 15.9. The second-order valence-corrected chi connectivity index (χ2v) is 12.7. The summed E-state index contributed by atoms with van der Waals surface area (Å²) in [5.41, 5.74) is 13.3. The molecule has 1 aliphatic carbocycles. The van der Waals surface area contributed by atoms with Gasteiger partial charge in [-0.05, 0) is 48.3 Å². The monoisotopic (exact) mass is 657 g/mol. The van der Waals surface area contributed by atoms with Gasteiger partial charge in [-0.3, -0.25) is 14.2 Å². The molecule has 0 unspecified atom stereocenters. The molecule has 8 rings (SSSR count). The zero-order valence-corrected chi connectivity index (χ0v) is 27.1. The average molecular weight is 658 g/mol. The Morgan fingerprint density at radius 2 is 1.51 bits per heavy atom. The molecule has 2 aliphatic rings. The Morgan fingerprint density at radius 1 is 0.878 bits per heavy atom. The number of hydrogen-bond donors (Lipinski definition) is 4. The van der Waals surface area contributed by atoms with Crippen molar-refractivity contribution in [1.82, 2.24) is 29.5 Å². The van der Waals surface area contributed by atoms with Crippen molar-refractivity contribution in [1.29, 1.82) is 0 Å². The maximum Gasteiger partial charge on any atom is 0.338 e. The largest absolute Gasteiger partial charge is 0.478 e. The molecular formula is C37H39N9O3. The van der Waals surface area contributed by atoms with E-state index in [4.69, 9.17) is 10.8 Å². The van der Waals surface area contributed by atoms with Crippen LogP contribution in [0.4, 0.5) is 11.4 Å². The summed E-state index contributed by atoms with van der Waals surface area (Å²) >= 11 is 0. The Morgan fingerprint density at radius 3 is 2.10 bits per heavy atom. The van der Waals surface area contributed by atoms with E-state index in [9.17, 15) is 9.59 Å². The van der Waals surface area contributed by atoms with Crippen molar-refractivity contribution in [2.45, 2.75) is 50.7 Å². The van der Waals surface area contributed by atoms with Crippen LogP contribution in [0, 0.1) is 0 Å². The van der Waals surface area contributed by atoms with Gasteiger partial charge in [0.1, 0.15) is 5.65 Å². The number of carbonyl (C=O) groups is 2. The van der Waals surface area contributed by atoms with Gasteiger partial charge in [-0.25, -0.2) is 9.78 Å². The Bertz CT molecular complexity index is 2050. The maximum absolute atomic E-state index is 13.2. The fourth-order valence-electron chi connectivity index (χ4n) is 6.30. The van der Waals surface area contributed by atoms with E-state index < -0.39 is 5.97 Å². The van der Waals surface area contributed by atoms with Crippen LogP contribution in [0.3, 0.4) is 0 Å². The molecule has 2 aromatic carbocycles. The third-order valence-corrected chi connectivity index (χ3v) is 8.89. The van der Waals surface area contributed by atoms with Crippen molar-refractivity contribution in [3.63, 3.8) is 0 Å². The van der Waals surface area contributed by atoms with Gasteiger partial charge in [-0.2, -0.15) is 10.2 Å². The highest BCUT2D eigenvalue weighted by Gasteiger charge is 2.32. The Labute approximate surface area is 283 Å². The first-order valence-electron chi connectivity index (χ1n) is 16.6. The molecule has 4 aromatic heterocycles. The molecule has 1 atom stereocenters. The molecular weight excluding hydrogens is 618 g/mol. The van der Waals surface area contributed by atoms with Crippen LogP contribution in [0.1, 0.15) is 69.0 Å². The summed E-state index contributed by atoms with van der Waals surface area (Å²) in [5.74, 6) is -0.590. The standard InChI is InChI=1S/C26H29N7O.C11H10N2O2/c27-20-7-4-10-32(16-20)24-21(18-8-9-18)12-28-25-23(24)22(13-29-25)31-26(34)19-11-30-33(15-19)14-17-5-2-1-3-6-17;14-11(15)10-6-12-13(8-10)7-9-4-2-1-3-5-9/h1-3,5-6,11-13,15,18,20H,4,7-10,14,16,27H2,(H,28,29)(H,31,34);1-6,8H,7H2,(H,14,15)/t20-;/m1./s1. The number of nitrogens with two attached hydrogens (primary N) is 1. The molecule has 5 N–H and O–H groups in total. The number of amides is 1. The zero-order valence-electron chi connectivity index (χ0n) is 27.1. The topological polar surface area (TPSA) is 160 Å². The quantitative estimate of drug-likeness (QED) is 0.159. The minimum Gasteiger partial charge on any atom is -0.478 e. The number of aromatic amines is 1. The lowest BCUT2D eigenvalue weighted by molar-refractivity contribution is 0.0696. The summed E-state index contributed by atoms with van der Waals surface area (Å²) in [6.07, 6.45) is 14.6. The number of nitrogens with one attached hydrogen (secondary N) is 2. The smallest absolute Gasteiger partial charge is 0.338 e. The summed E-state index contributed by atoms with van der Waals surface area (Å²) in [4.78, 5) is 34.1. The van der Waals surface area contributed by atoms with Crippen LogP contribution in [-0.2, 0) is 13.1 Å². The van der Waals surface area contributed by atoms with Gasteiger partial charge in [0.25, 0.3) is 5.91 Å². The number of aromatic nitrogens is 6. The van der Waals surface area contributed by atoms with Gasteiger partial charge in [0.2, 0.25) is 0 Å². The second kappa shape index (κ2) is 14.2. The van der Waals surface area contributed by atoms with Crippen LogP contribution in [0.25, 0.3) is 11.0 Å². The Balaban J connectivity index is 0.000000211. The number of carboxylic acid groups (broad SMARTS) is 1. The summed E-state index contributed by atoms with van der Waals surface area (Å²) in [7, 11) is 0. The number of hydrogen-bond acceptors (Lipinski definition) is 7. The van der Waals surface area contributed by atoms with E-state index in [0.717, 1.165) is 53.8 Å². The first kappa shape index (κ1) is 31.8. The highest BCUT2D eigenvalue weighted by atomic mass is 16.4. The van der Waals surface area contributed by atoms with Crippen LogP contribution in [-0.4, -0.2) is 65.6 Å². The van der Waals surface area contributed by atoms with Crippen LogP contribution in [0.5, 0.6) is 0 Å². The third kappa shape index (κ3) is 7.54. The molecule has 1 saturated carbocycles. The van der Waals surface area contributed by atoms with Crippen molar-refractivity contribution in [2.24, 2.45) is 5.73 Å². The zero-order chi connectivity index (χ0) is 33.7. The molecule has 0 spiro atoms. The van der Waals surface area contributed by atoms with Crippen LogP contribution in [0.15, 0.2) is 97.8 Å². The van der Waals surface area contributed by atoms with Gasteiger partial charge < -0.3 is 26.0 Å². The molecule has 12 nitrogen and oxygen atoms in total. The first-order chi connectivity index (χ1) is 23.9. The number of fused-ring (bicyclic) bond motifs is 1. The number of nitrogens with zero attached hydrogens (tertiary/aromatic N) is 6. The minimum atomic E-state index is -0.950. The highest BCUT2D eigenvalue weighted by Crippen LogP contribution is 2.48. The SMILES string of the molecule is N[C@@H]1CCCN(c2c(C3CC3)cnc3[nH]cc(NC(=O)c4cnn(Cc5ccccc5)c4)c23)C1.O=C(O)c1cnn(Cc2ccccc2)c1. The fourth-order valence-corrected chi connectivity index (χ4v) is 6.30. The lowest BCUT2D eigenvalue weighted by Crippen LogP contribution is -2.43. The summed E-state index contributed by atoms with van der Waals surface area (Å²) in [6.45, 7) is 3.00. The van der Waals surface area contributed by atoms with E-state index in [1.807, 2.05) is 73.1 Å². The van der Waals surface area contributed by atoms with Crippen molar-refractivity contribution in [2.75, 3.05) is 23.3 Å². The van der Waals surface area contributed by atoms with Crippen LogP contribution >= 0.6 is 0 Å². The number of pyridine rings is 1. The molecule has 49 heavy (non-hydrogen) atoms. The molecule has 5 heterocycles. The van der Waals surface area contributed by atoms with E-state index in [0.29, 0.717) is 24.6 Å². The van der Waals surface area contributed by atoms with E-state index in [-0.39, 0.29) is 17.5 Å². The molecule has 2 fully saturated rings. The number of carboxylic acids is 1. The number of piperidine rings is 1. The van der Waals surface area contributed by atoms with Crippen molar-refractivity contribution in [3.05, 3.63) is 126 Å². The van der Waals surface area contributed by atoms with E-state index in [1.165, 1.54) is 36.5 Å². The molecule has 0 bridgehead atoms. The molecule has 1 amide bonds. The number of carbonyl (C=O) groups excluding carboxylic acids is 1. The predicted molar refractivity (Wildman–Crippen MR) is 188 cm³/mol. The predicted octanol–water partition coefficient (Wildman–Crippen LogP) is 5.49. The van der Waals surface area contributed by atoms with E-state index in [1.54, 1.807) is 21.8 Å². The van der Waals surface area contributed by atoms with Crippen LogP contribution < -0.4 is 16.0 Å². The third-order valence-electron chi connectivity index (χ3n) is 8.89. The molecule has 1 aliphatic heterocycles. The molecule has 6 aromatic rings. The second-order valence-electron chi connectivity index (χ2n) is 12.7. The number of rotatable bonds is 9. The summed E-state index contributed by atoms with van der Waals surface area (Å²) < 4.78 is 3.39. The van der Waals surface area contributed by atoms with Gasteiger partial charge in [0.15, 0.2) is 0 Å². The first-order valence-corrected chi connectivity index (χ1v) is 16.6. The minimum absolute atomic E-state index is 0.163. The van der Waals surface area contributed by atoms with Gasteiger partial charge in [0.05, 0.1) is 53.4 Å². The Kier molecular flexibility index (Phi) is 9.20. The molecule has 12 heteroatoms. The summed E-state index contributed by atoms with van der Waals surface area (Å²) in [6, 6.07) is 20.0. The van der Waals surface area contributed by atoms with E-state index >= 15 is 0 Å². The van der Waals surface area contributed by atoms with Gasteiger partial charge >= 0.3 is 5.97 Å². The lowest BCUT2D eigenvalue weighted by Gasteiger charge is -2.34. The van der Waals surface area contributed by atoms with Crippen molar-refractivity contribution < 1.29 is 14.7 Å². The molecule has 0 radical (unpaired) electrons. The molecule has 250 valence electrons. The van der Waals surface area contributed by atoms with Gasteiger partial charge in [0, 0.05) is 43.9 Å².